The molecule has 0 unspecified atom stereocenters. The van der Waals surface area contributed by atoms with E-state index in [9.17, 15) is 9.59 Å². The number of rotatable bonds is 8. The lowest BCUT2D eigenvalue weighted by molar-refractivity contribution is 0.0947. The Balaban J connectivity index is 1.95. The molecule has 0 saturated carbocycles. The molecule has 1 aromatic heterocycles. The Morgan fingerprint density at radius 3 is 2.58 bits per heavy atom. The summed E-state index contributed by atoms with van der Waals surface area (Å²) in [6, 6.07) is 7.06. The number of methoxy groups -OCH3 is 1. The lowest BCUT2D eigenvalue weighted by atomic mass is 10.1. The van der Waals surface area contributed by atoms with Gasteiger partial charge in [-0.15, -0.1) is 0 Å². The first-order valence-electron chi connectivity index (χ1n) is 7.57. The number of ether oxygens (including phenoxy) is 1. The predicted octanol–water partition coefficient (Wildman–Crippen LogP) is 2.19. The van der Waals surface area contributed by atoms with Gasteiger partial charge in [0.1, 0.15) is 0 Å². The number of carbonyl (C=O) groups excluding carboxylic acids is 2. The van der Waals surface area contributed by atoms with Gasteiger partial charge in [0, 0.05) is 43.9 Å². The topological polar surface area (TPSA) is 93.2 Å². The van der Waals surface area contributed by atoms with E-state index in [1.54, 1.807) is 25.3 Å². The number of hydrogen-bond donors (Lipinski definition) is 2. The molecule has 24 heavy (non-hydrogen) atoms. The summed E-state index contributed by atoms with van der Waals surface area (Å²) in [7, 11) is 1.62. The number of carbonyl (C=O) groups is 2. The molecule has 0 radical (unpaired) electrons. The Morgan fingerprint density at radius 2 is 1.92 bits per heavy atom. The molecule has 0 spiro atoms. The van der Waals surface area contributed by atoms with Gasteiger partial charge in [-0.2, -0.15) is 0 Å². The number of Topliss-reactive ketones (excluding diaryl/α,β-unsaturated/α-hetero) is 1. The SMILES string of the molecule is COCCCNC(=O)c1cnc(Nc2cccc(C(C)=O)c2)nc1. The second kappa shape index (κ2) is 8.73. The minimum Gasteiger partial charge on any atom is -0.385 e. The number of hydrogen-bond acceptors (Lipinski definition) is 6. The maximum Gasteiger partial charge on any atom is 0.254 e. The van der Waals surface area contributed by atoms with Gasteiger partial charge in [-0.05, 0) is 25.5 Å². The third kappa shape index (κ3) is 5.13. The Bertz CT molecular complexity index is 701. The first-order chi connectivity index (χ1) is 11.6. The molecular weight excluding hydrogens is 308 g/mol. The van der Waals surface area contributed by atoms with Gasteiger partial charge in [-0.1, -0.05) is 12.1 Å². The summed E-state index contributed by atoms with van der Waals surface area (Å²) in [5, 5.41) is 5.77. The van der Waals surface area contributed by atoms with Crippen molar-refractivity contribution in [2.75, 3.05) is 25.6 Å². The first-order valence-corrected chi connectivity index (χ1v) is 7.57. The van der Waals surface area contributed by atoms with Crippen LogP contribution in [0.25, 0.3) is 0 Å². The fourth-order valence-electron chi connectivity index (χ4n) is 1.98. The molecule has 7 nitrogen and oxygen atoms in total. The van der Waals surface area contributed by atoms with Crippen molar-refractivity contribution >= 4 is 23.3 Å². The van der Waals surface area contributed by atoms with E-state index in [-0.39, 0.29) is 11.7 Å². The molecule has 7 heteroatoms. The van der Waals surface area contributed by atoms with Crippen LogP contribution in [0.1, 0.15) is 34.1 Å². The van der Waals surface area contributed by atoms with E-state index in [4.69, 9.17) is 4.74 Å². The summed E-state index contributed by atoms with van der Waals surface area (Å²) in [5.41, 5.74) is 1.70. The normalized spacial score (nSPS) is 10.2. The molecular formula is C17H20N4O3. The predicted molar refractivity (Wildman–Crippen MR) is 90.6 cm³/mol. The van der Waals surface area contributed by atoms with Crippen LogP contribution in [0.2, 0.25) is 0 Å². The maximum atomic E-state index is 11.9. The van der Waals surface area contributed by atoms with E-state index in [1.165, 1.54) is 19.3 Å². The van der Waals surface area contributed by atoms with Crippen molar-refractivity contribution in [2.45, 2.75) is 13.3 Å². The van der Waals surface area contributed by atoms with E-state index in [0.717, 1.165) is 6.42 Å². The highest BCUT2D eigenvalue weighted by molar-refractivity contribution is 5.95. The standard InChI is InChI=1S/C17H20N4O3/c1-12(22)13-5-3-6-15(9-13)21-17-19-10-14(11-20-17)16(23)18-7-4-8-24-2/h3,5-6,9-11H,4,7-8H2,1-2H3,(H,18,23)(H,19,20,21). The van der Waals surface area contributed by atoms with Gasteiger partial charge < -0.3 is 15.4 Å². The van der Waals surface area contributed by atoms with Crippen LogP contribution < -0.4 is 10.6 Å². The smallest absolute Gasteiger partial charge is 0.254 e. The molecule has 0 bridgehead atoms. The van der Waals surface area contributed by atoms with Crippen LogP contribution in [0, 0.1) is 0 Å². The fraction of sp³-hybridized carbons (Fsp3) is 0.294. The minimum absolute atomic E-state index is 0.0138. The van der Waals surface area contributed by atoms with Crippen LogP contribution in [0.15, 0.2) is 36.7 Å². The number of anilines is 2. The second-order valence-electron chi connectivity index (χ2n) is 5.16. The number of nitrogens with zero attached hydrogens (tertiary/aromatic N) is 2. The molecule has 2 rings (SSSR count). The van der Waals surface area contributed by atoms with Crippen LogP contribution in [0.4, 0.5) is 11.6 Å². The number of amides is 1. The molecule has 0 aliphatic heterocycles. The zero-order valence-corrected chi connectivity index (χ0v) is 13.7. The zero-order chi connectivity index (χ0) is 17.4. The van der Waals surface area contributed by atoms with Gasteiger partial charge in [0.2, 0.25) is 5.95 Å². The number of ketones is 1. The largest absolute Gasteiger partial charge is 0.385 e. The maximum absolute atomic E-state index is 11.9. The highest BCUT2D eigenvalue weighted by Crippen LogP contribution is 2.15. The Labute approximate surface area is 140 Å². The summed E-state index contributed by atoms with van der Waals surface area (Å²) in [6.07, 6.45) is 3.65. The van der Waals surface area contributed by atoms with Gasteiger partial charge in [0.15, 0.2) is 5.78 Å². The number of nitrogens with one attached hydrogen (secondary N) is 2. The average Bonchev–Trinajstić information content (AvgIpc) is 2.59. The summed E-state index contributed by atoms with van der Waals surface area (Å²) in [6.45, 7) is 2.64. The molecule has 0 aliphatic rings. The van der Waals surface area contributed by atoms with Crippen LogP contribution in [-0.2, 0) is 4.74 Å². The van der Waals surface area contributed by atoms with Gasteiger partial charge in [0.25, 0.3) is 5.91 Å². The number of benzene rings is 1. The van der Waals surface area contributed by atoms with Crippen molar-refractivity contribution in [2.24, 2.45) is 0 Å². The van der Waals surface area contributed by atoms with Crippen LogP contribution >= 0.6 is 0 Å². The van der Waals surface area contributed by atoms with Crippen LogP contribution in [0.3, 0.4) is 0 Å². The Hall–Kier alpha value is -2.80. The molecule has 2 aromatic rings. The Kier molecular flexibility index (Phi) is 6.39. The van der Waals surface area contributed by atoms with Crippen molar-refractivity contribution in [1.82, 2.24) is 15.3 Å². The van der Waals surface area contributed by atoms with E-state index in [1.807, 2.05) is 6.07 Å². The summed E-state index contributed by atoms with van der Waals surface area (Å²) >= 11 is 0. The molecule has 0 aliphatic carbocycles. The van der Waals surface area contributed by atoms with Gasteiger partial charge in [-0.3, -0.25) is 9.59 Å². The summed E-state index contributed by atoms with van der Waals surface area (Å²) in [4.78, 5) is 31.5. The van der Waals surface area contributed by atoms with E-state index in [2.05, 4.69) is 20.6 Å². The molecule has 0 saturated heterocycles. The molecule has 1 aromatic carbocycles. The van der Waals surface area contributed by atoms with Crippen molar-refractivity contribution in [1.29, 1.82) is 0 Å². The quantitative estimate of drug-likeness (QED) is 0.570. The number of aromatic nitrogens is 2. The molecule has 2 N–H and O–H groups in total. The van der Waals surface area contributed by atoms with Crippen molar-refractivity contribution in [3.05, 3.63) is 47.8 Å². The average molecular weight is 328 g/mol. The summed E-state index contributed by atoms with van der Waals surface area (Å²) < 4.78 is 4.92. The highest BCUT2D eigenvalue weighted by atomic mass is 16.5. The Morgan fingerprint density at radius 1 is 1.17 bits per heavy atom. The lowest BCUT2D eigenvalue weighted by Gasteiger charge is -2.07. The highest BCUT2D eigenvalue weighted by Gasteiger charge is 2.07. The molecule has 1 amide bonds. The first kappa shape index (κ1) is 17.6. The summed E-state index contributed by atoms with van der Waals surface area (Å²) in [5.74, 6) is 0.114. The van der Waals surface area contributed by atoms with Gasteiger partial charge >= 0.3 is 0 Å². The molecule has 0 fully saturated rings. The second-order valence-corrected chi connectivity index (χ2v) is 5.16. The van der Waals surface area contributed by atoms with E-state index in [0.29, 0.717) is 35.9 Å². The molecule has 126 valence electrons. The van der Waals surface area contributed by atoms with Crippen molar-refractivity contribution in [3.63, 3.8) is 0 Å². The van der Waals surface area contributed by atoms with Crippen molar-refractivity contribution < 1.29 is 14.3 Å². The minimum atomic E-state index is -0.226. The molecule has 1 heterocycles. The van der Waals surface area contributed by atoms with Crippen molar-refractivity contribution in [3.8, 4) is 0 Å². The molecule has 0 atom stereocenters. The van der Waals surface area contributed by atoms with Gasteiger partial charge in [-0.25, -0.2) is 9.97 Å². The van der Waals surface area contributed by atoms with Crippen LogP contribution in [-0.4, -0.2) is 41.9 Å². The van der Waals surface area contributed by atoms with Crippen LogP contribution in [0.5, 0.6) is 0 Å². The monoisotopic (exact) mass is 328 g/mol. The van der Waals surface area contributed by atoms with E-state index >= 15 is 0 Å². The zero-order valence-electron chi connectivity index (χ0n) is 13.7. The fourth-order valence-corrected chi connectivity index (χ4v) is 1.98. The van der Waals surface area contributed by atoms with Gasteiger partial charge in [0.05, 0.1) is 5.56 Å². The van der Waals surface area contributed by atoms with E-state index < -0.39 is 0 Å². The lowest BCUT2D eigenvalue weighted by Crippen LogP contribution is -2.25. The third-order valence-electron chi connectivity index (χ3n) is 3.25. The third-order valence-corrected chi connectivity index (χ3v) is 3.25.